The van der Waals surface area contributed by atoms with Gasteiger partial charge in [-0.3, -0.25) is 4.79 Å². The molecule has 20 heavy (non-hydrogen) atoms. The maximum Gasteiger partial charge on any atom is 0.279 e. The van der Waals surface area contributed by atoms with Crippen molar-refractivity contribution >= 4 is 23.1 Å². The normalized spacial score (nSPS) is 14.1. The van der Waals surface area contributed by atoms with E-state index in [0.717, 1.165) is 20.9 Å². The first-order valence-corrected chi connectivity index (χ1v) is 7.15. The lowest BCUT2D eigenvalue weighted by Crippen LogP contribution is -2.21. The highest BCUT2D eigenvalue weighted by Crippen LogP contribution is 2.29. The fourth-order valence-corrected chi connectivity index (χ4v) is 3.55. The van der Waals surface area contributed by atoms with Crippen LogP contribution in [0.15, 0.2) is 35.3 Å². The number of benzene rings is 1. The predicted molar refractivity (Wildman–Crippen MR) is 79.1 cm³/mol. The van der Waals surface area contributed by atoms with Gasteiger partial charge in [-0.1, -0.05) is 24.3 Å². The summed E-state index contributed by atoms with van der Waals surface area (Å²) in [6, 6.07) is 9.67. The van der Waals surface area contributed by atoms with Crippen LogP contribution in [-0.2, 0) is 19.4 Å². The molecule has 0 fully saturated rings. The minimum absolute atomic E-state index is 0.0241. The van der Waals surface area contributed by atoms with Gasteiger partial charge in [-0.25, -0.2) is 0 Å². The smallest absolute Gasteiger partial charge is 0.279 e. The fourth-order valence-electron chi connectivity index (χ4n) is 2.35. The lowest BCUT2D eigenvalue weighted by atomic mass is 10.0. The Kier molecular flexibility index (Phi) is 3.38. The number of amidine groups is 1. The first kappa shape index (κ1) is 13.0. The molecule has 1 amide bonds. The van der Waals surface area contributed by atoms with Gasteiger partial charge in [0.05, 0.1) is 12.2 Å². The third kappa shape index (κ3) is 2.37. The molecule has 0 atom stereocenters. The van der Waals surface area contributed by atoms with E-state index in [1.54, 1.807) is 11.3 Å². The number of hydrogen-bond acceptors (Lipinski definition) is 4. The third-order valence-corrected chi connectivity index (χ3v) is 4.47. The van der Waals surface area contributed by atoms with Crippen LogP contribution in [0.1, 0.15) is 31.2 Å². The van der Waals surface area contributed by atoms with Crippen LogP contribution in [0, 0.1) is 0 Å². The lowest BCUT2D eigenvalue weighted by molar-refractivity contribution is 0.100. The second-order valence-corrected chi connectivity index (χ2v) is 5.96. The number of carbonyl (C=O) groups is 1. The van der Waals surface area contributed by atoms with Crippen LogP contribution in [0.4, 0.5) is 0 Å². The number of nitrogens with two attached hydrogens (primary N) is 1. The van der Waals surface area contributed by atoms with E-state index >= 15 is 0 Å². The molecule has 2 aromatic rings. The van der Waals surface area contributed by atoms with Crippen molar-refractivity contribution in [2.45, 2.75) is 19.4 Å². The number of thiophene rings is 1. The molecule has 102 valence electrons. The van der Waals surface area contributed by atoms with E-state index in [2.05, 4.69) is 4.99 Å². The van der Waals surface area contributed by atoms with Gasteiger partial charge in [0.2, 0.25) is 0 Å². The number of carbonyl (C=O) groups excluding carboxylic acids is 1. The topological polar surface area (TPSA) is 75.7 Å². The number of hydrogen-bond donors (Lipinski definition) is 2. The number of nitrogens with zero attached hydrogens (tertiary/aromatic N) is 1. The van der Waals surface area contributed by atoms with E-state index in [0.29, 0.717) is 24.2 Å². The molecule has 1 aromatic carbocycles. The monoisotopic (exact) mass is 286 g/mol. The molecule has 0 spiro atoms. The number of aliphatic hydroxyl groups excluding tert-OH is 1. The zero-order valence-electron chi connectivity index (χ0n) is 10.8. The first-order valence-electron chi connectivity index (χ1n) is 6.34. The summed E-state index contributed by atoms with van der Waals surface area (Å²) in [5.74, 6) is 0.133. The molecule has 0 radical (unpaired) electrons. The highest BCUT2D eigenvalue weighted by molar-refractivity contribution is 7.12. The number of fused-ring (bicyclic) bond motifs is 1. The first-order chi connectivity index (χ1) is 9.67. The molecule has 1 aromatic heterocycles. The van der Waals surface area contributed by atoms with Gasteiger partial charge in [0.25, 0.3) is 5.91 Å². The van der Waals surface area contributed by atoms with E-state index in [9.17, 15) is 9.90 Å². The summed E-state index contributed by atoms with van der Waals surface area (Å²) in [5.41, 5.74) is 8.31. The Labute approximate surface area is 120 Å². The van der Waals surface area contributed by atoms with E-state index in [1.165, 1.54) is 0 Å². The largest absolute Gasteiger partial charge is 0.392 e. The van der Waals surface area contributed by atoms with Crippen molar-refractivity contribution < 1.29 is 9.90 Å². The Bertz CT molecular complexity index is 704. The molecule has 0 aliphatic carbocycles. The Morgan fingerprint density at radius 3 is 2.80 bits per heavy atom. The Hall–Kier alpha value is -1.98. The molecule has 1 aliphatic heterocycles. The van der Waals surface area contributed by atoms with Gasteiger partial charge in [-0.15, -0.1) is 11.3 Å². The van der Waals surface area contributed by atoms with Gasteiger partial charge in [-0.2, -0.15) is 4.99 Å². The van der Waals surface area contributed by atoms with Crippen LogP contribution in [0.5, 0.6) is 0 Å². The van der Waals surface area contributed by atoms with E-state index in [4.69, 9.17) is 5.73 Å². The quantitative estimate of drug-likeness (QED) is 0.904. The van der Waals surface area contributed by atoms with Gasteiger partial charge in [0.15, 0.2) is 0 Å². The Balaban J connectivity index is 1.90. The summed E-state index contributed by atoms with van der Waals surface area (Å²) >= 11 is 1.59. The summed E-state index contributed by atoms with van der Waals surface area (Å²) in [7, 11) is 0. The van der Waals surface area contributed by atoms with Crippen molar-refractivity contribution in [2.75, 3.05) is 0 Å². The number of aliphatic imine (C=N–C) groups is 1. The summed E-state index contributed by atoms with van der Waals surface area (Å²) in [6.07, 6.45) is 1.26. The number of aliphatic hydroxyl groups is 1. The van der Waals surface area contributed by atoms with Crippen molar-refractivity contribution in [1.29, 1.82) is 0 Å². The van der Waals surface area contributed by atoms with Gasteiger partial charge in [0.1, 0.15) is 5.84 Å². The molecule has 0 bridgehead atoms. The molecule has 1 aliphatic rings. The third-order valence-electron chi connectivity index (χ3n) is 3.33. The lowest BCUT2D eigenvalue weighted by Gasteiger charge is -2.05. The Morgan fingerprint density at radius 2 is 2.05 bits per heavy atom. The molecule has 0 unspecified atom stereocenters. The predicted octanol–water partition coefficient (Wildman–Crippen LogP) is 1.88. The van der Waals surface area contributed by atoms with Crippen molar-refractivity contribution in [3.8, 4) is 0 Å². The van der Waals surface area contributed by atoms with Crippen LogP contribution in [0.3, 0.4) is 0 Å². The van der Waals surface area contributed by atoms with Gasteiger partial charge >= 0.3 is 0 Å². The zero-order chi connectivity index (χ0) is 14.1. The maximum atomic E-state index is 11.8. The summed E-state index contributed by atoms with van der Waals surface area (Å²) in [5, 5.41) is 9.35. The minimum atomic E-state index is -0.248. The highest BCUT2D eigenvalue weighted by Gasteiger charge is 2.21. The van der Waals surface area contributed by atoms with Crippen molar-refractivity contribution in [1.82, 2.24) is 0 Å². The average molecular weight is 286 g/mol. The second kappa shape index (κ2) is 5.19. The molecular weight excluding hydrogens is 272 g/mol. The van der Waals surface area contributed by atoms with Crippen molar-refractivity contribution in [3.63, 3.8) is 0 Å². The molecular formula is C15H14N2O2S. The SMILES string of the molecule is NC1=NC(=O)c2cc(Cc3ccccc3CO)sc2C1. The molecule has 3 rings (SSSR count). The van der Waals surface area contributed by atoms with Gasteiger partial charge in [-0.05, 0) is 17.2 Å². The van der Waals surface area contributed by atoms with Gasteiger partial charge < -0.3 is 10.8 Å². The number of rotatable bonds is 3. The Morgan fingerprint density at radius 1 is 1.30 bits per heavy atom. The molecule has 4 nitrogen and oxygen atoms in total. The van der Waals surface area contributed by atoms with E-state index in [1.807, 2.05) is 30.3 Å². The minimum Gasteiger partial charge on any atom is -0.392 e. The van der Waals surface area contributed by atoms with E-state index < -0.39 is 0 Å². The second-order valence-electron chi connectivity index (χ2n) is 4.74. The molecule has 0 saturated carbocycles. The summed E-state index contributed by atoms with van der Waals surface area (Å²) in [6.45, 7) is 0.0241. The summed E-state index contributed by atoms with van der Waals surface area (Å²) in [4.78, 5) is 17.7. The zero-order valence-corrected chi connectivity index (χ0v) is 11.6. The highest BCUT2D eigenvalue weighted by atomic mass is 32.1. The average Bonchev–Trinajstić information content (AvgIpc) is 2.82. The molecule has 5 heteroatoms. The van der Waals surface area contributed by atoms with Crippen molar-refractivity contribution in [3.05, 3.63) is 56.8 Å². The molecule has 2 heterocycles. The van der Waals surface area contributed by atoms with Crippen LogP contribution in [-0.4, -0.2) is 16.8 Å². The standard InChI is InChI=1S/C15H14N2O2S/c16-14-7-13-12(15(19)17-14)6-11(20-13)5-9-3-1-2-4-10(9)8-18/h1-4,6,18H,5,7-8H2,(H2,16,17,19). The van der Waals surface area contributed by atoms with Crippen molar-refractivity contribution in [2.24, 2.45) is 10.7 Å². The van der Waals surface area contributed by atoms with Crippen LogP contribution >= 0.6 is 11.3 Å². The molecule has 0 saturated heterocycles. The van der Waals surface area contributed by atoms with Gasteiger partial charge in [0, 0.05) is 22.6 Å². The fraction of sp³-hybridized carbons (Fsp3) is 0.200. The maximum absolute atomic E-state index is 11.8. The van der Waals surface area contributed by atoms with Crippen LogP contribution in [0.2, 0.25) is 0 Å². The molecule has 3 N–H and O–H groups in total. The summed E-state index contributed by atoms with van der Waals surface area (Å²) < 4.78 is 0. The van der Waals surface area contributed by atoms with Crippen LogP contribution < -0.4 is 5.73 Å². The van der Waals surface area contributed by atoms with Crippen LogP contribution in [0.25, 0.3) is 0 Å². The number of amides is 1. The van der Waals surface area contributed by atoms with E-state index in [-0.39, 0.29) is 12.5 Å².